The number of benzene rings is 1. The fourth-order valence-electron chi connectivity index (χ4n) is 2.14. The minimum absolute atomic E-state index is 0.285. The Labute approximate surface area is 118 Å². The fourth-order valence-corrected chi connectivity index (χ4v) is 2.32. The van der Waals surface area contributed by atoms with E-state index in [9.17, 15) is 4.79 Å². The van der Waals surface area contributed by atoms with Crippen LogP contribution in [0.3, 0.4) is 0 Å². The standard InChI is InChI=1S/C14H19ClN2O2/c1-14(2,3)19-13(18)17-7-6-10-9(8-17)4-5-11(15)12(10)16/h4-5H,6-8,16H2,1-3H3. The maximum atomic E-state index is 12.0. The SMILES string of the molecule is CC(C)(C)OC(=O)N1CCc2c(ccc(Cl)c2N)C1. The molecule has 0 unspecified atom stereocenters. The van der Waals surface area contributed by atoms with Crippen molar-refractivity contribution in [2.75, 3.05) is 12.3 Å². The number of carbonyl (C=O) groups is 1. The zero-order valence-electron chi connectivity index (χ0n) is 11.5. The summed E-state index contributed by atoms with van der Waals surface area (Å²) >= 11 is 6.00. The molecule has 1 amide bonds. The lowest BCUT2D eigenvalue weighted by molar-refractivity contribution is 0.0224. The molecular formula is C14H19ClN2O2. The van der Waals surface area contributed by atoms with Crippen molar-refractivity contribution < 1.29 is 9.53 Å². The second-order valence-electron chi connectivity index (χ2n) is 5.75. The number of halogens is 1. The number of amides is 1. The third-order valence-electron chi connectivity index (χ3n) is 3.05. The molecule has 2 rings (SSSR count). The first-order valence-electron chi connectivity index (χ1n) is 6.31. The first-order chi connectivity index (χ1) is 8.78. The third-order valence-corrected chi connectivity index (χ3v) is 3.38. The maximum Gasteiger partial charge on any atom is 0.410 e. The van der Waals surface area contributed by atoms with Gasteiger partial charge in [0.05, 0.1) is 10.7 Å². The molecule has 0 bridgehead atoms. The number of rotatable bonds is 0. The second kappa shape index (κ2) is 4.93. The van der Waals surface area contributed by atoms with E-state index >= 15 is 0 Å². The van der Waals surface area contributed by atoms with E-state index in [4.69, 9.17) is 22.1 Å². The molecule has 1 aromatic rings. The minimum atomic E-state index is -0.476. The Morgan fingerprint density at radius 3 is 2.74 bits per heavy atom. The van der Waals surface area contributed by atoms with Crippen LogP contribution in [0.2, 0.25) is 5.02 Å². The molecule has 0 aromatic heterocycles. The Kier molecular flexibility index (Phi) is 3.63. The molecule has 104 valence electrons. The molecule has 0 fully saturated rings. The Bertz CT molecular complexity index is 509. The highest BCUT2D eigenvalue weighted by Gasteiger charge is 2.26. The van der Waals surface area contributed by atoms with E-state index < -0.39 is 5.60 Å². The smallest absolute Gasteiger partial charge is 0.410 e. The van der Waals surface area contributed by atoms with Crippen LogP contribution in [0.15, 0.2) is 12.1 Å². The van der Waals surface area contributed by atoms with Crippen LogP contribution in [-0.4, -0.2) is 23.1 Å². The van der Waals surface area contributed by atoms with E-state index in [0.29, 0.717) is 30.2 Å². The number of ether oxygens (including phenoxy) is 1. The molecule has 0 aliphatic carbocycles. The molecule has 0 atom stereocenters. The van der Waals surface area contributed by atoms with E-state index in [2.05, 4.69) is 0 Å². The fraction of sp³-hybridized carbons (Fsp3) is 0.500. The third kappa shape index (κ3) is 3.13. The summed E-state index contributed by atoms with van der Waals surface area (Å²) in [4.78, 5) is 13.7. The van der Waals surface area contributed by atoms with Gasteiger partial charge in [-0.15, -0.1) is 0 Å². The summed E-state index contributed by atoms with van der Waals surface area (Å²) in [6.07, 6.45) is 0.424. The molecular weight excluding hydrogens is 264 g/mol. The average Bonchev–Trinajstić information content (AvgIpc) is 2.31. The summed E-state index contributed by atoms with van der Waals surface area (Å²) < 4.78 is 5.38. The van der Waals surface area contributed by atoms with Crippen LogP contribution in [0, 0.1) is 0 Å². The predicted molar refractivity (Wildman–Crippen MR) is 76.2 cm³/mol. The lowest BCUT2D eigenvalue weighted by atomic mass is 9.98. The summed E-state index contributed by atoms with van der Waals surface area (Å²) in [6, 6.07) is 3.69. The predicted octanol–water partition coefficient (Wildman–Crippen LogP) is 3.22. The molecule has 1 aliphatic heterocycles. The van der Waals surface area contributed by atoms with Crippen LogP contribution in [0.1, 0.15) is 31.9 Å². The minimum Gasteiger partial charge on any atom is -0.444 e. The van der Waals surface area contributed by atoms with Gasteiger partial charge in [-0.3, -0.25) is 0 Å². The molecule has 0 spiro atoms. The van der Waals surface area contributed by atoms with Gasteiger partial charge in [-0.2, -0.15) is 0 Å². The monoisotopic (exact) mass is 282 g/mol. The van der Waals surface area contributed by atoms with Crippen LogP contribution in [0.25, 0.3) is 0 Å². The number of fused-ring (bicyclic) bond motifs is 1. The number of nitrogens with zero attached hydrogens (tertiary/aromatic N) is 1. The summed E-state index contributed by atoms with van der Waals surface area (Å²) in [7, 11) is 0. The Balaban J connectivity index is 2.15. The summed E-state index contributed by atoms with van der Waals surface area (Å²) in [6.45, 7) is 6.71. The van der Waals surface area contributed by atoms with E-state index in [1.165, 1.54) is 0 Å². The molecule has 0 saturated carbocycles. The van der Waals surface area contributed by atoms with Gasteiger partial charge < -0.3 is 15.4 Å². The van der Waals surface area contributed by atoms with Crippen molar-refractivity contribution in [3.8, 4) is 0 Å². The van der Waals surface area contributed by atoms with Crippen LogP contribution in [-0.2, 0) is 17.7 Å². The van der Waals surface area contributed by atoms with Crippen molar-refractivity contribution in [2.24, 2.45) is 0 Å². The highest BCUT2D eigenvalue weighted by Crippen LogP contribution is 2.30. The van der Waals surface area contributed by atoms with Crippen molar-refractivity contribution in [2.45, 2.75) is 39.3 Å². The first-order valence-corrected chi connectivity index (χ1v) is 6.69. The highest BCUT2D eigenvalue weighted by atomic mass is 35.5. The highest BCUT2D eigenvalue weighted by molar-refractivity contribution is 6.33. The second-order valence-corrected chi connectivity index (χ2v) is 6.16. The van der Waals surface area contributed by atoms with Gasteiger partial charge in [-0.1, -0.05) is 17.7 Å². The van der Waals surface area contributed by atoms with E-state index in [0.717, 1.165) is 11.1 Å². The van der Waals surface area contributed by atoms with E-state index in [-0.39, 0.29) is 6.09 Å². The van der Waals surface area contributed by atoms with E-state index in [1.807, 2.05) is 26.8 Å². The number of anilines is 1. The summed E-state index contributed by atoms with van der Waals surface area (Å²) in [5.74, 6) is 0. The first kappa shape index (κ1) is 14.0. The zero-order valence-corrected chi connectivity index (χ0v) is 12.3. The molecule has 0 saturated heterocycles. The lowest BCUT2D eigenvalue weighted by Gasteiger charge is -2.31. The van der Waals surface area contributed by atoms with Crippen LogP contribution < -0.4 is 5.73 Å². The number of nitrogens with two attached hydrogens (primary N) is 1. The average molecular weight is 283 g/mol. The van der Waals surface area contributed by atoms with Crippen molar-refractivity contribution in [3.63, 3.8) is 0 Å². The van der Waals surface area contributed by atoms with Crippen molar-refractivity contribution >= 4 is 23.4 Å². The molecule has 1 heterocycles. The molecule has 0 radical (unpaired) electrons. The Morgan fingerprint density at radius 1 is 1.42 bits per heavy atom. The lowest BCUT2D eigenvalue weighted by Crippen LogP contribution is -2.40. The molecule has 4 nitrogen and oxygen atoms in total. The van der Waals surface area contributed by atoms with Gasteiger partial charge in [0.25, 0.3) is 0 Å². The van der Waals surface area contributed by atoms with Gasteiger partial charge in [0.2, 0.25) is 0 Å². The van der Waals surface area contributed by atoms with Crippen molar-refractivity contribution in [1.29, 1.82) is 0 Å². The zero-order chi connectivity index (χ0) is 14.2. The number of hydrogen-bond donors (Lipinski definition) is 1. The maximum absolute atomic E-state index is 12.0. The van der Waals surface area contributed by atoms with E-state index in [1.54, 1.807) is 11.0 Å². The Hall–Kier alpha value is -1.42. The molecule has 5 heteroatoms. The molecule has 1 aliphatic rings. The Morgan fingerprint density at radius 2 is 2.11 bits per heavy atom. The van der Waals surface area contributed by atoms with Crippen molar-refractivity contribution in [3.05, 3.63) is 28.3 Å². The molecule has 1 aromatic carbocycles. The van der Waals surface area contributed by atoms with Gasteiger partial charge in [0.15, 0.2) is 0 Å². The van der Waals surface area contributed by atoms with Gasteiger partial charge in [0.1, 0.15) is 5.60 Å². The number of nitrogen functional groups attached to an aromatic ring is 1. The normalized spacial score (nSPS) is 15.1. The summed E-state index contributed by atoms with van der Waals surface area (Å²) in [5.41, 5.74) is 8.20. The number of carbonyl (C=O) groups excluding carboxylic acids is 1. The topological polar surface area (TPSA) is 55.6 Å². The number of hydrogen-bond acceptors (Lipinski definition) is 3. The van der Waals surface area contributed by atoms with Gasteiger partial charge in [0, 0.05) is 13.1 Å². The van der Waals surface area contributed by atoms with Gasteiger partial charge in [-0.25, -0.2) is 4.79 Å². The molecule has 19 heavy (non-hydrogen) atoms. The van der Waals surface area contributed by atoms with Gasteiger partial charge in [-0.05, 0) is 44.4 Å². The largest absolute Gasteiger partial charge is 0.444 e. The summed E-state index contributed by atoms with van der Waals surface area (Å²) in [5, 5.41) is 0.574. The van der Waals surface area contributed by atoms with Crippen molar-refractivity contribution in [1.82, 2.24) is 4.90 Å². The van der Waals surface area contributed by atoms with Gasteiger partial charge >= 0.3 is 6.09 Å². The van der Waals surface area contributed by atoms with Crippen LogP contribution in [0.5, 0.6) is 0 Å². The van der Waals surface area contributed by atoms with Crippen LogP contribution >= 0.6 is 11.6 Å². The van der Waals surface area contributed by atoms with Crippen LogP contribution in [0.4, 0.5) is 10.5 Å². The quantitative estimate of drug-likeness (QED) is 0.743. The molecule has 2 N–H and O–H groups in total.